The van der Waals surface area contributed by atoms with Gasteiger partial charge in [0.05, 0.1) is 10.6 Å². The molecule has 2 aromatic carbocycles. The minimum absolute atomic E-state index is 0.0810. The Morgan fingerprint density at radius 1 is 1.00 bits per heavy atom. The Morgan fingerprint density at radius 3 is 2.16 bits per heavy atom. The summed E-state index contributed by atoms with van der Waals surface area (Å²) in [5, 5.41) is 11.4. The topological polar surface area (TPSA) is 78.0 Å². The van der Waals surface area contributed by atoms with Gasteiger partial charge in [0.15, 0.2) is 5.69 Å². The van der Waals surface area contributed by atoms with E-state index in [-0.39, 0.29) is 16.2 Å². The Bertz CT molecular complexity index is 1340. The van der Waals surface area contributed by atoms with Gasteiger partial charge in [-0.05, 0) is 41.6 Å². The number of aryl methyl sites for hydroxylation is 1. The van der Waals surface area contributed by atoms with Crippen LogP contribution >= 0.6 is 11.3 Å². The van der Waals surface area contributed by atoms with Gasteiger partial charge in [0.1, 0.15) is 5.00 Å². The van der Waals surface area contributed by atoms with Crippen molar-refractivity contribution >= 4 is 21.4 Å². The number of aromatic nitrogens is 2. The van der Waals surface area contributed by atoms with E-state index in [2.05, 4.69) is 5.10 Å². The summed E-state index contributed by atoms with van der Waals surface area (Å²) in [6.45, 7) is 1.84. The molecule has 0 saturated carbocycles. The summed E-state index contributed by atoms with van der Waals surface area (Å²) in [4.78, 5) is -0.133. The lowest BCUT2D eigenvalue weighted by Crippen LogP contribution is -2.11. The second-order valence-corrected chi connectivity index (χ2v) is 9.33. The van der Waals surface area contributed by atoms with Crippen LogP contribution in [0, 0.1) is 6.92 Å². The quantitative estimate of drug-likeness (QED) is 0.449. The van der Waals surface area contributed by atoms with Gasteiger partial charge in [-0.2, -0.15) is 18.3 Å². The number of nitrogens with two attached hydrogens (primary N) is 1. The molecular weight excluding hydrogens is 447 g/mol. The van der Waals surface area contributed by atoms with Crippen molar-refractivity contribution in [2.45, 2.75) is 18.0 Å². The summed E-state index contributed by atoms with van der Waals surface area (Å²) < 4.78 is 66.5. The largest absolute Gasteiger partial charge is 0.435 e. The molecule has 0 aliphatic carbocycles. The third-order valence-corrected chi connectivity index (χ3v) is 6.55. The average Bonchev–Trinajstić information content (AvgIpc) is 3.31. The van der Waals surface area contributed by atoms with Crippen molar-refractivity contribution in [3.63, 3.8) is 0 Å². The highest BCUT2D eigenvalue weighted by atomic mass is 32.2. The predicted octanol–water partition coefficient (Wildman–Crippen LogP) is 5.24. The van der Waals surface area contributed by atoms with Crippen LogP contribution in [0.15, 0.2) is 70.9 Å². The highest BCUT2D eigenvalue weighted by Crippen LogP contribution is 2.44. The molecule has 31 heavy (non-hydrogen) atoms. The van der Waals surface area contributed by atoms with Crippen LogP contribution in [0.4, 0.5) is 13.2 Å². The van der Waals surface area contributed by atoms with Gasteiger partial charge in [0.25, 0.3) is 0 Å². The predicted molar refractivity (Wildman–Crippen MR) is 113 cm³/mol. The summed E-state index contributed by atoms with van der Waals surface area (Å²) in [7, 11) is -3.94. The van der Waals surface area contributed by atoms with Crippen molar-refractivity contribution in [2.75, 3.05) is 0 Å². The van der Waals surface area contributed by atoms with Crippen molar-refractivity contribution in [3.05, 3.63) is 77.3 Å². The lowest BCUT2D eigenvalue weighted by Gasteiger charge is -2.11. The number of rotatable bonds is 4. The van der Waals surface area contributed by atoms with Gasteiger partial charge in [-0.1, -0.05) is 42.5 Å². The van der Waals surface area contributed by atoms with Crippen LogP contribution in [0.25, 0.3) is 27.4 Å². The summed E-state index contributed by atoms with van der Waals surface area (Å²) in [6, 6.07) is 15.3. The van der Waals surface area contributed by atoms with Gasteiger partial charge in [-0.3, -0.25) is 0 Å². The Labute approximate surface area is 180 Å². The zero-order chi connectivity index (χ0) is 22.4. The van der Waals surface area contributed by atoms with Crippen molar-refractivity contribution in [2.24, 2.45) is 5.14 Å². The Hall–Kier alpha value is -2.95. The van der Waals surface area contributed by atoms with E-state index in [9.17, 15) is 21.6 Å². The standard InChI is InChI=1S/C21H16F3N3O2S2/c1-13-11-17(30-12-13)27-19(15-7-9-16(10-8-15)31(25,28)29)18(14-5-3-2-4-6-14)20(26-27)21(22,23)24/h2-12H,1H3,(H2,25,28,29). The molecule has 2 N–H and O–H groups in total. The van der Waals surface area contributed by atoms with E-state index in [1.54, 1.807) is 36.4 Å². The molecule has 0 aliphatic rings. The first kappa shape index (κ1) is 21.3. The fourth-order valence-electron chi connectivity index (χ4n) is 3.25. The van der Waals surface area contributed by atoms with Crippen LogP contribution in [-0.4, -0.2) is 18.2 Å². The summed E-state index contributed by atoms with van der Waals surface area (Å²) >= 11 is 1.26. The van der Waals surface area contributed by atoms with Crippen LogP contribution in [0.2, 0.25) is 0 Å². The van der Waals surface area contributed by atoms with E-state index in [0.717, 1.165) is 5.56 Å². The smallest absolute Gasteiger partial charge is 0.225 e. The molecule has 5 nitrogen and oxygen atoms in total. The number of hydrogen-bond donors (Lipinski definition) is 1. The molecule has 0 atom stereocenters. The van der Waals surface area contributed by atoms with E-state index in [0.29, 0.717) is 16.1 Å². The molecule has 0 aliphatic heterocycles. The van der Waals surface area contributed by atoms with E-state index >= 15 is 0 Å². The molecule has 160 valence electrons. The van der Waals surface area contributed by atoms with Crippen LogP contribution in [0.3, 0.4) is 0 Å². The molecule has 0 fully saturated rings. The molecule has 10 heteroatoms. The van der Waals surface area contributed by atoms with Gasteiger partial charge in [0.2, 0.25) is 10.0 Å². The maximum absolute atomic E-state index is 14.0. The Kier molecular flexibility index (Phi) is 5.24. The van der Waals surface area contributed by atoms with Gasteiger partial charge in [-0.15, -0.1) is 11.3 Å². The lowest BCUT2D eigenvalue weighted by molar-refractivity contribution is -0.140. The van der Waals surface area contributed by atoms with Gasteiger partial charge in [-0.25, -0.2) is 18.2 Å². The van der Waals surface area contributed by atoms with Crippen LogP contribution in [-0.2, 0) is 16.2 Å². The third kappa shape index (κ3) is 4.14. The van der Waals surface area contributed by atoms with Crippen LogP contribution in [0.1, 0.15) is 11.3 Å². The van der Waals surface area contributed by atoms with E-state index < -0.39 is 21.9 Å². The second kappa shape index (κ2) is 7.63. The van der Waals surface area contributed by atoms with Gasteiger partial charge < -0.3 is 0 Å². The zero-order valence-corrected chi connectivity index (χ0v) is 17.7. The molecule has 4 aromatic rings. The van der Waals surface area contributed by atoms with E-state index in [1.807, 2.05) is 12.3 Å². The lowest BCUT2D eigenvalue weighted by atomic mass is 9.98. The Balaban J connectivity index is 2.07. The molecule has 0 amide bonds. The number of thiophene rings is 1. The first-order valence-electron chi connectivity index (χ1n) is 9.00. The third-order valence-electron chi connectivity index (χ3n) is 4.60. The summed E-state index contributed by atoms with van der Waals surface area (Å²) in [5.41, 5.74) is 0.722. The van der Waals surface area contributed by atoms with Crippen molar-refractivity contribution in [3.8, 4) is 27.4 Å². The second-order valence-electron chi connectivity index (χ2n) is 6.88. The van der Waals surface area contributed by atoms with Crippen LogP contribution in [0.5, 0.6) is 0 Å². The van der Waals surface area contributed by atoms with Crippen LogP contribution < -0.4 is 5.14 Å². The zero-order valence-electron chi connectivity index (χ0n) is 16.1. The number of alkyl halides is 3. The minimum Gasteiger partial charge on any atom is -0.225 e. The number of sulfonamides is 1. The molecule has 2 aromatic heterocycles. The highest BCUT2D eigenvalue weighted by molar-refractivity contribution is 7.89. The number of primary sulfonamides is 1. The summed E-state index contributed by atoms with van der Waals surface area (Å²) in [5.74, 6) is 0. The number of halogens is 3. The first-order valence-corrected chi connectivity index (χ1v) is 11.4. The fraction of sp³-hybridized carbons (Fsp3) is 0.0952. The van der Waals surface area contributed by atoms with Crippen molar-refractivity contribution in [1.82, 2.24) is 9.78 Å². The molecule has 0 radical (unpaired) electrons. The first-order chi connectivity index (χ1) is 14.6. The molecule has 0 unspecified atom stereocenters. The van der Waals surface area contributed by atoms with Crippen molar-refractivity contribution < 1.29 is 21.6 Å². The van der Waals surface area contributed by atoms with E-state index in [1.165, 1.54) is 40.3 Å². The molecule has 0 spiro atoms. The highest BCUT2D eigenvalue weighted by Gasteiger charge is 2.40. The monoisotopic (exact) mass is 463 g/mol. The van der Waals surface area contributed by atoms with Gasteiger partial charge >= 0.3 is 6.18 Å². The molecule has 0 bridgehead atoms. The molecule has 2 heterocycles. The molecular formula is C21H16F3N3O2S2. The fourth-order valence-corrected chi connectivity index (χ4v) is 4.63. The maximum atomic E-state index is 14.0. The minimum atomic E-state index is -4.70. The number of benzene rings is 2. The SMILES string of the molecule is Cc1csc(-n2nc(C(F)(F)F)c(-c3ccccc3)c2-c2ccc(S(N)(=O)=O)cc2)c1. The molecule has 4 rings (SSSR count). The molecule has 0 saturated heterocycles. The van der Waals surface area contributed by atoms with Crippen molar-refractivity contribution in [1.29, 1.82) is 0 Å². The van der Waals surface area contributed by atoms with E-state index in [4.69, 9.17) is 5.14 Å². The summed E-state index contributed by atoms with van der Waals surface area (Å²) in [6.07, 6.45) is -4.70. The normalized spacial score (nSPS) is 12.3. The Morgan fingerprint density at radius 2 is 1.65 bits per heavy atom. The number of nitrogens with zero attached hydrogens (tertiary/aromatic N) is 2. The average molecular weight is 464 g/mol. The van der Waals surface area contributed by atoms with Gasteiger partial charge in [0, 0.05) is 11.1 Å². The number of hydrogen-bond acceptors (Lipinski definition) is 4. The maximum Gasteiger partial charge on any atom is 0.435 e.